The Balaban J connectivity index is 1.25. The first-order valence-corrected chi connectivity index (χ1v) is 14.4. The molecule has 0 bridgehead atoms. The van der Waals surface area contributed by atoms with Crippen LogP contribution >= 0.6 is 0 Å². The first kappa shape index (κ1) is 25.0. The third-order valence-electron chi connectivity index (χ3n) is 8.73. The number of fused-ring (bicyclic) bond motifs is 7. The molecule has 0 N–H and O–H groups in total. The smallest absolute Gasteiger partial charge is 0.171 e. The van der Waals surface area contributed by atoms with E-state index in [1.165, 1.54) is 0 Å². The second kappa shape index (κ2) is 9.25. The topological polar surface area (TPSA) is 84.5 Å². The van der Waals surface area contributed by atoms with E-state index in [2.05, 4.69) is 72.8 Å². The molecule has 6 aromatic rings. The fourth-order valence-corrected chi connectivity index (χ4v) is 6.79. The number of rotatable bonds is 2. The lowest BCUT2D eigenvalue weighted by atomic mass is 9.67. The van der Waals surface area contributed by atoms with Crippen molar-refractivity contribution >= 4 is 0 Å². The Hall–Kier alpha value is -6.50. The van der Waals surface area contributed by atoms with Crippen LogP contribution in [0.5, 0.6) is 46.0 Å². The van der Waals surface area contributed by atoms with Crippen LogP contribution in [-0.4, -0.2) is 0 Å². The average Bonchev–Trinajstić information content (AvgIpc) is 3.40. The predicted octanol–water partition coefficient (Wildman–Crippen LogP) is 9.59. The first-order valence-electron chi connectivity index (χ1n) is 14.4. The molecule has 0 atom stereocenters. The molecular weight excluding hydrogens is 560 g/mol. The van der Waals surface area contributed by atoms with Crippen molar-refractivity contribution in [3.8, 4) is 69.3 Å². The number of hydrogen-bond acceptors (Lipinski definition) is 6. The lowest BCUT2D eigenvalue weighted by molar-refractivity contribution is 0.357. The molecule has 1 aliphatic carbocycles. The SMILES string of the molecule is N#Cc1ccc2c(c1)Oc1ccc(C3(c4ccc5c(c4)Oc4ccc(C#N)cc4O5)c4ccccc4-c4ccccc43)cc1O2. The zero-order valence-electron chi connectivity index (χ0n) is 23.6. The molecule has 9 rings (SSSR count). The molecule has 6 aromatic carbocycles. The largest absolute Gasteiger partial charge is 0.450 e. The molecule has 6 nitrogen and oxygen atoms in total. The van der Waals surface area contributed by atoms with E-state index < -0.39 is 5.41 Å². The first-order chi connectivity index (χ1) is 22.1. The second-order valence-electron chi connectivity index (χ2n) is 11.1. The minimum atomic E-state index is -0.722. The third kappa shape index (κ3) is 3.54. The van der Waals surface area contributed by atoms with Crippen molar-refractivity contribution in [2.24, 2.45) is 0 Å². The zero-order chi connectivity index (χ0) is 30.1. The van der Waals surface area contributed by atoms with Crippen LogP contribution in [0.3, 0.4) is 0 Å². The van der Waals surface area contributed by atoms with Gasteiger partial charge in [0.2, 0.25) is 0 Å². The Labute approximate surface area is 258 Å². The van der Waals surface area contributed by atoms with Crippen LogP contribution in [0.25, 0.3) is 11.1 Å². The lowest BCUT2D eigenvalue weighted by Gasteiger charge is -2.35. The third-order valence-corrected chi connectivity index (χ3v) is 8.73. The maximum absolute atomic E-state index is 9.36. The van der Waals surface area contributed by atoms with Crippen molar-refractivity contribution in [2.45, 2.75) is 5.41 Å². The monoisotopic (exact) mass is 580 g/mol. The standard InChI is InChI=1S/C39H20N2O4/c40-21-23-9-13-31-35(17-23)42-33-15-11-25(19-37(33)44-31)39(29-7-3-1-5-27(29)28-6-2-4-8-30(28)39)26-12-16-34-38(20-26)45-32-14-10-24(22-41)18-36(32)43-34/h1-20H. The van der Waals surface area contributed by atoms with Crippen LogP contribution in [0.2, 0.25) is 0 Å². The molecular formula is C39H20N2O4. The molecule has 6 heteroatoms. The van der Waals surface area contributed by atoms with Gasteiger partial charge in [-0.15, -0.1) is 0 Å². The lowest BCUT2D eigenvalue weighted by Crippen LogP contribution is -2.28. The Bertz CT molecular complexity index is 2160. The summed E-state index contributed by atoms with van der Waals surface area (Å²) < 4.78 is 25.2. The van der Waals surface area contributed by atoms with E-state index in [1.807, 2.05) is 24.3 Å². The maximum atomic E-state index is 9.36. The highest BCUT2D eigenvalue weighted by Gasteiger charge is 2.47. The summed E-state index contributed by atoms with van der Waals surface area (Å²) in [5.41, 5.74) is 6.85. The fourth-order valence-electron chi connectivity index (χ4n) is 6.79. The highest BCUT2D eigenvalue weighted by atomic mass is 16.6. The Kier molecular flexibility index (Phi) is 5.15. The molecule has 0 radical (unpaired) electrons. The van der Waals surface area contributed by atoms with Gasteiger partial charge in [0.05, 0.1) is 28.7 Å². The van der Waals surface area contributed by atoms with E-state index in [4.69, 9.17) is 18.9 Å². The van der Waals surface area contributed by atoms with E-state index >= 15 is 0 Å². The van der Waals surface area contributed by atoms with Crippen molar-refractivity contribution in [2.75, 3.05) is 0 Å². The van der Waals surface area contributed by atoms with E-state index in [1.54, 1.807) is 36.4 Å². The van der Waals surface area contributed by atoms with Gasteiger partial charge in [-0.25, -0.2) is 0 Å². The number of nitrogens with zero attached hydrogens (tertiary/aromatic N) is 2. The summed E-state index contributed by atoms with van der Waals surface area (Å²) in [5, 5.41) is 18.7. The molecule has 3 aliphatic rings. The van der Waals surface area contributed by atoms with Crippen LogP contribution in [0.15, 0.2) is 121 Å². The molecule has 2 heterocycles. The van der Waals surface area contributed by atoms with E-state index in [0.717, 1.165) is 33.4 Å². The highest BCUT2D eigenvalue weighted by molar-refractivity contribution is 5.86. The minimum Gasteiger partial charge on any atom is -0.450 e. The molecule has 0 saturated carbocycles. The van der Waals surface area contributed by atoms with Gasteiger partial charge in [-0.05, 0) is 81.9 Å². The molecule has 210 valence electrons. The molecule has 45 heavy (non-hydrogen) atoms. The quantitative estimate of drug-likeness (QED) is 0.202. The van der Waals surface area contributed by atoms with Gasteiger partial charge in [0, 0.05) is 12.1 Å². The summed E-state index contributed by atoms with van der Waals surface area (Å²) in [4.78, 5) is 0. The van der Waals surface area contributed by atoms with Crippen molar-refractivity contribution in [3.63, 3.8) is 0 Å². The molecule has 0 saturated heterocycles. The van der Waals surface area contributed by atoms with E-state index in [-0.39, 0.29) is 0 Å². The normalized spacial score (nSPS) is 13.7. The van der Waals surface area contributed by atoms with Crippen LogP contribution in [0.1, 0.15) is 33.4 Å². The average molecular weight is 581 g/mol. The van der Waals surface area contributed by atoms with Gasteiger partial charge < -0.3 is 18.9 Å². The molecule has 0 fully saturated rings. The van der Waals surface area contributed by atoms with Gasteiger partial charge in [-0.1, -0.05) is 60.7 Å². The summed E-state index contributed by atoms with van der Waals surface area (Å²) >= 11 is 0. The van der Waals surface area contributed by atoms with E-state index in [0.29, 0.717) is 57.1 Å². The van der Waals surface area contributed by atoms with Crippen LogP contribution < -0.4 is 18.9 Å². The molecule has 0 spiro atoms. The van der Waals surface area contributed by atoms with Crippen molar-refractivity contribution < 1.29 is 18.9 Å². The van der Waals surface area contributed by atoms with Gasteiger partial charge in [0.1, 0.15) is 0 Å². The number of benzene rings is 6. The maximum Gasteiger partial charge on any atom is 0.171 e. The predicted molar refractivity (Wildman–Crippen MR) is 166 cm³/mol. The highest BCUT2D eigenvalue weighted by Crippen LogP contribution is 2.59. The van der Waals surface area contributed by atoms with Gasteiger partial charge in [0.15, 0.2) is 46.0 Å². The minimum absolute atomic E-state index is 0.502. The van der Waals surface area contributed by atoms with Crippen LogP contribution in [0.4, 0.5) is 0 Å². The van der Waals surface area contributed by atoms with Gasteiger partial charge in [-0.3, -0.25) is 0 Å². The van der Waals surface area contributed by atoms with Gasteiger partial charge in [-0.2, -0.15) is 10.5 Å². The number of ether oxygens (including phenoxy) is 4. The second-order valence-corrected chi connectivity index (χ2v) is 11.1. The Morgan fingerprint density at radius 3 is 1.20 bits per heavy atom. The summed E-state index contributed by atoms with van der Waals surface area (Å²) in [6, 6.07) is 43.7. The molecule has 0 aromatic heterocycles. The van der Waals surface area contributed by atoms with E-state index in [9.17, 15) is 10.5 Å². The van der Waals surface area contributed by atoms with Crippen molar-refractivity contribution in [1.82, 2.24) is 0 Å². The van der Waals surface area contributed by atoms with Crippen LogP contribution in [-0.2, 0) is 5.41 Å². The van der Waals surface area contributed by atoms with Crippen molar-refractivity contribution in [1.29, 1.82) is 10.5 Å². The van der Waals surface area contributed by atoms with Crippen molar-refractivity contribution in [3.05, 3.63) is 155 Å². The summed E-state index contributed by atoms with van der Waals surface area (Å²) in [6.45, 7) is 0. The summed E-state index contributed by atoms with van der Waals surface area (Å²) in [5.74, 6) is 4.45. The number of nitriles is 2. The van der Waals surface area contributed by atoms with Crippen LogP contribution in [0, 0.1) is 22.7 Å². The summed E-state index contributed by atoms with van der Waals surface area (Å²) in [7, 11) is 0. The molecule has 2 aliphatic heterocycles. The fraction of sp³-hybridized carbons (Fsp3) is 0.0256. The van der Waals surface area contributed by atoms with Gasteiger partial charge >= 0.3 is 0 Å². The Morgan fingerprint density at radius 2 is 0.778 bits per heavy atom. The molecule has 0 amide bonds. The summed E-state index contributed by atoms with van der Waals surface area (Å²) in [6.07, 6.45) is 0. The number of hydrogen-bond donors (Lipinski definition) is 0. The van der Waals surface area contributed by atoms with Gasteiger partial charge in [0.25, 0.3) is 0 Å². The zero-order valence-corrected chi connectivity index (χ0v) is 23.6. The molecule has 0 unspecified atom stereocenters. The Morgan fingerprint density at radius 1 is 0.400 bits per heavy atom.